The Balaban J connectivity index is 1.38. The van der Waals surface area contributed by atoms with Crippen molar-refractivity contribution < 1.29 is 0 Å². The second-order valence-electron chi connectivity index (χ2n) is 11.9. The number of hydrogen-bond acceptors (Lipinski definition) is 5. The second kappa shape index (κ2) is 10.5. The number of nitrogens with zero attached hydrogens (tertiary/aromatic N) is 7. The predicted octanol–water partition coefficient (Wildman–Crippen LogP) is 8.41. The summed E-state index contributed by atoms with van der Waals surface area (Å²) in [5, 5.41) is 2.46. The molecule has 0 bridgehead atoms. The van der Waals surface area contributed by atoms with E-state index in [-0.39, 0.29) is 5.56 Å². The van der Waals surface area contributed by atoms with Crippen LogP contribution in [0, 0.1) is 0 Å². The number of para-hydroxylation sites is 4. The minimum Gasteiger partial charge on any atom is -0.279 e. The zero-order valence-electron chi connectivity index (χ0n) is 26.0. The van der Waals surface area contributed by atoms with Gasteiger partial charge in [0.1, 0.15) is 0 Å². The first-order chi connectivity index (χ1) is 24.2. The second-order valence-corrected chi connectivity index (χ2v) is 11.9. The molecule has 0 aliphatic carbocycles. The van der Waals surface area contributed by atoms with Crippen molar-refractivity contribution in [3.63, 3.8) is 0 Å². The Kier molecular flexibility index (Phi) is 5.86. The number of hydrogen-bond donors (Lipinski definition) is 0. The van der Waals surface area contributed by atoms with Crippen LogP contribution in [0.25, 0.3) is 83.9 Å². The van der Waals surface area contributed by atoms with Crippen molar-refractivity contribution in [2.75, 3.05) is 0 Å². The third-order valence-electron chi connectivity index (χ3n) is 9.11. The topological polar surface area (TPSA) is 82.9 Å². The normalized spacial score (nSPS) is 11.8. The monoisotopic (exact) mass is 631 g/mol. The largest absolute Gasteiger partial charge is 0.279 e. The molecular weight excluding hydrogens is 606 g/mol. The SMILES string of the molecule is O=c1c2ccc3c(c4ccccc4n3-c3nc(-c4ccccc4)nc(-c4ccccc4)n3)c2n(-c2ccccc2)c2nc3ccccc3n12. The maximum absolute atomic E-state index is 14.5. The molecule has 230 valence electrons. The Morgan fingerprint density at radius 2 is 1.04 bits per heavy atom. The first kappa shape index (κ1) is 27.2. The van der Waals surface area contributed by atoms with Crippen molar-refractivity contribution in [2.45, 2.75) is 0 Å². The van der Waals surface area contributed by atoms with Gasteiger partial charge in [-0.2, -0.15) is 9.97 Å². The average Bonchev–Trinajstić information content (AvgIpc) is 3.72. The molecule has 4 heterocycles. The fourth-order valence-corrected chi connectivity index (χ4v) is 6.97. The molecular formula is C41H25N7O. The van der Waals surface area contributed by atoms with Gasteiger partial charge in [0.15, 0.2) is 11.6 Å². The zero-order valence-corrected chi connectivity index (χ0v) is 26.0. The summed E-state index contributed by atoms with van der Waals surface area (Å²) in [5.41, 5.74) is 6.62. The van der Waals surface area contributed by atoms with Gasteiger partial charge in [-0.3, -0.25) is 13.9 Å². The smallest absolute Gasteiger partial charge is 0.267 e. The summed E-state index contributed by atoms with van der Waals surface area (Å²) >= 11 is 0. The lowest BCUT2D eigenvalue weighted by Crippen LogP contribution is -2.18. The van der Waals surface area contributed by atoms with Crippen molar-refractivity contribution in [1.82, 2.24) is 33.5 Å². The minimum absolute atomic E-state index is 0.123. The first-order valence-corrected chi connectivity index (χ1v) is 16.1. The molecule has 0 saturated carbocycles. The van der Waals surface area contributed by atoms with Gasteiger partial charge in [-0.05, 0) is 42.5 Å². The highest BCUT2D eigenvalue weighted by Crippen LogP contribution is 2.38. The predicted molar refractivity (Wildman–Crippen MR) is 194 cm³/mol. The van der Waals surface area contributed by atoms with Crippen molar-refractivity contribution >= 4 is 49.5 Å². The van der Waals surface area contributed by atoms with E-state index in [1.54, 1.807) is 4.40 Å². The lowest BCUT2D eigenvalue weighted by atomic mass is 10.1. The molecule has 0 unspecified atom stereocenters. The van der Waals surface area contributed by atoms with Crippen LogP contribution in [0.15, 0.2) is 156 Å². The highest BCUT2D eigenvalue weighted by molar-refractivity contribution is 6.20. The summed E-state index contributed by atoms with van der Waals surface area (Å²) < 4.78 is 5.91. The first-order valence-electron chi connectivity index (χ1n) is 16.1. The molecule has 6 aromatic carbocycles. The van der Waals surface area contributed by atoms with Gasteiger partial charge < -0.3 is 0 Å². The van der Waals surface area contributed by atoms with Crippen LogP contribution in [0.3, 0.4) is 0 Å². The van der Waals surface area contributed by atoms with Gasteiger partial charge in [-0.15, -0.1) is 0 Å². The van der Waals surface area contributed by atoms with Gasteiger partial charge in [0.2, 0.25) is 11.7 Å². The third kappa shape index (κ3) is 4.07. The van der Waals surface area contributed by atoms with E-state index in [0.29, 0.717) is 28.8 Å². The summed E-state index contributed by atoms with van der Waals surface area (Å²) in [5.74, 6) is 2.18. The van der Waals surface area contributed by atoms with Crippen LogP contribution in [-0.2, 0) is 0 Å². The van der Waals surface area contributed by atoms with Crippen LogP contribution in [0.1, 0.15) is 0 Å². The van der Waals surface area contributed by atoms with Crippen molar-refractivity contribution in [3.05, 3.63) is 162 Å². The average molecular weight is 632 g/mol. The molecule has 0 atom stereocenters. The van der Waals surface area contributed by atoms with E-state index < -0.39 is 0 Å². The molecule has 0 aliphatic heterocycles. The van der Waals surface area contributed by atoms with Crippen LogP contribution < -0.4 is 5.56 Å². The number of benzene rings is 6. The highest BCUT2D eigenvalue weighted by Gasteiger charge is 2.24. The lowest BCUT2D eigenvalue weighted by Gasteiger charge is -2.15. The number of imidazole rings is 1. The molecule has 0 N–H and O–H groups in total. The number of aromatic nitrogens is 7. The Labute approximate surface area is 278 Å². The maximum Gasteiger partial charge on any atom is 0.267 e. The van der Waals surface area contributed by atoms with Gasteiger partial charge in [-0.1, -0.05) is 109 Å². The molecule has 8 heteroatoms. The summed E-state index contributed by atoms with van der Waals surface area (Å²) in [6.07, 6.45) is 0. The van der Waals surface area contributed by atoms with Crippen LogP contribution in [0.5, 0.6) is 0 Å². The van der Waals surface area contributed by atoms with Crippen LogP contribution in [0.2, 0.25) is 0 Å². The van der Waals surface area contributed by atoms with E-state index in [1.165, 1.54) is 0 Å². The summed E-state index contributed by atoms with van der Waals surface area (Å²) in [6.45, 7) is 0. The van der Waals surface area contributed by atoms with E-state index in [1.807, 2.05) is 140 Å². The molecule has 0 amide bonds. The Morgan fingerprint density at radius 1 is 0.449 bits per heavy atom. The fourth-order valence-electron chi connectivity index (χ4n) is 6.97. The lowest BCUT2D eigenvalue weighted by molar-refractivity contribution is 0.953. The van der Waals surface area contributed by atoms with Gasteiger partial charge in [0.05, 0.1) is 33.0 Å². The van der Waals surface area contributed by atoms with Crippen LogP contribution >= 0.6 is 0 Å². The Bertz CT molecular complexity index is 2890. The number of rotatable bonds is 4. The molecule has 8 nitrogen and oxygen atoms in total. The van der Waals surface area contributed by atoms with E-state index in [0.717, 1.165) is 55.2 Å². The molecule has 10 aromatic rings. The van der Waals surface area contributed by atoms with Crippen LogP contribution in [0.4, 0.5) is 0 Å². The third-order valence-corrected chi connectivity index (χ3v) is 9.11. The van der Waals surface area contributed by atoms with Crippen LogP contribution in [-0.4, -0.2) is 33.5 Å². The van der Waals surface area contributed by atoms with Crippen molar-refractivity contribution in [3.8, 4) is 34.4 Å². The van der Waals surface area contributed by atoms with E-state index in [2.05, 4.69) is 21.3 Å². The number of fused-ring (bicyclic) bond motifs is 8. The molecule has 0 radical (unpaired) electrons. The molecule has 0 saturated heterocycles. The van der Waals surface area contributed by atoms with E-state index >= 15 is 0 Å². The molecule has 0 spiro atoms. The highest BCUT2D eigenvalue weighted by atomic mass is 16.1. The summed E-state index contributed by atoms with van der Waals surface area (Å²) in [4.78, 5) is 34.6. The molecule has 0 fully saturated rings. The standard InChI is InChI=1S/C41H25N7O/c49-39-30-24-25-34-35(36(30)46(28-18-8-3-9-19-28)41-42-31-21-11-13-23-33(31)48(39)41)29-20-10-12-22-32(29)47(34)40-44-37(26-14-4-1-5-15-26)43-38(45-40)27-16-6-2-7-17-27/h1-25H. The van der Waals surface area contributed by atoms with Gasteiger partial charge >= 0.3 is 0 Å². The fraction of sp³-hybridized carbons (Fsp3) is 0. The van der Waals surface area contributed by atoms with E-state index in [4.69, 9.17) is 19.9 Å². The van der Waals surface area contributed by atoms with Gasteiger partial charge in [0, 0.05) is 27.6 Å². The maximum atomic E-state index is 14.5. The molecule has 4 aromatic heterocycles. The molecule has 10 rings (SSSR count). The molecule has 49 heavy (non-hydrogen) atoms. The van der Waals surface area contributed by atoms with Gasteiger partial charge in [0.25, 0.3) is 5.56 Å². The van der Waals surface area contributed by atoms with E-state index in [9.17, 15) is 4.79 Å². The quantitative estimate of drug-likeness (QED) is 0.195. The summed E-state index contributed by atoms with van der Waals surface area (Å²) in [6, 6.07) is 49.9. The van der Waals surface area contributed by atoms with Gasteiger partial charge in [-0.25, -0.2) is 14.4 Å². The minimum atomic E-state index is -0.123. The van der Waals surface area contributed by atoms with Crippen molar-refractivity contribution in [1.29, 1.82) is 0 Å². The summed E-state index contributed by atoms with van der Waals surface area (Å²) in [7, 11) is 0. The Morgan fingerprint density at radius 3 is 1.73 bits per heavy atom. The zero-order chi connectivity index (χ0) is 32.5. The molecule has 0 aliphatic rings. The van der Waals surface area contributed by atoms with Crippen molar-refractivity contribution in [2.24, 2.45) is 0 Å². The Hall–Kier alpha value is -6.93.